The first-order valence-electron chi connectivity index (χ1n) is 11.5. The summed E-state index contributed by atoms with van der Waals surface area (Å²) in [5.41, 5.74) is 6.66. The van der Waals surface area contributed by atoms with Gasteiger partial charge in [-0.3, -0.25) is 4.57 Å². The number of nitrogen functional groups attached to an aromatic ring is 1. The van der Waals surface area contributed by atoms with E-state index in [2.05, 4.69) is 15.0 Å². The average Bonchev–Trinajstić information content (AvgIpc) is 3.45. The summed E-state index contributed by atoms with van der Waals surface area (Å²) in [5, 5.41) is 33.7. The van der Waals surface area contributed by atoms with Crippen molar-refractivity contribution < 1.29 is 48.6 Å². The Morgan fingerprint density at radius 3 is 2.70 bits per heavy atom. The molecule has 5 rings (SSSR count). The number of allylic oxidation sites excluding steroid dienone is 1. The van der Waals surface area contributed by atoms with Crippen LogP contribution in [0.1, 0.15) is 26.5 Å². The van der Waals surface area contributed by atoms with Crippen molar-refractivity contribution in [3.63, 3.8) is 0 Å². The number of nitrogens with two attached hydrogens (primary N) is 1. The van der Waals surface area contributed by atoms with Crippen LogP contribution in [-0.4, -0.2) is 102 Å². The van der Waals surface area contributed by atoms with E-state index in [9.17, 15) is 24.9 Å². The third kappa shape index (κ3) is 3.94. The summed E-state index contributed by atoms with van der Waals surface area (Å²) in [5.74, 6) is -4.08. The van der Waals surface area contributed by atoms with Gasteiger partial charge in [0.2, 0.25) is 5.79 Å². The van der Waals surface area contributed by atoms with E-state index in [1.165, 1.54) is 30.2 Å². The normalized spacial score (nSPS) is 37.6. The zero-order valence-corrected chi connectivity index (χ0v) is 20.1. The van der Waals surface area contributed by atoms with Gasteiger partial charge in [0, 0.05) is 12.0 Å². The second-order valence-electron chi connectivity index (χ2n) is 9.07. The Kier molecular flexibility index (Phi) is 6.37. The molecule has 0 unspecified atom stereocenters. The van der Waals surface area contributed by atoms with Crippen LogP contribution in [0.2, 0.25) is 0 Å². The van der Waals surface area contributed by atoms with Gasteiger partial charge in [-0.15, -0.1) is 0 Å². The highest BCUT2D eigenvalue weighted by molar-refractivity contribution is 5.88. The minimum Gasteiger partial charge on any atom is -0.467 e. The molecule has 3 aliphatic rings. The van der Waals surface area contributed by atoms with E-state index in [1.54, 1.807) is 6.92 Å². The van der Waals surface area contributed by atoms with Crippen LogP contribution in [0.3, 0.4) is 0 Å². The minimum atomic E-state index is -2.43. The predicted octanol–water partition coefficient (Wildman–Crippen LogP) is -1.68. The van der Waals surface area contributed by atoms with Crippen molar-refractivity contribution in [1.29, 1.82) is 0 Å². The van der Waals surface area contributed by atoms with Crippen molar-refractivity contribution in [2.75, 3.05) is 12.8 Å². The highest BCUT2D eigenvalue weighted by atomic mass is 16.7. The van der Waals surface area contributed by atoms with Crippen LogP contribution in [0.4, 0.5) is 5.82 Å². The molecule has 0 aliphatic carbocycles. The number of hydrogen-bond acceptors (Lipinski definition) is 14. The second-order valence-corrected chi connectivity index (χ2v) is 9.07. The lowest BCUT2D eigenvalue weighted by Crippen LogP contribution is -2.73. The summed E-state index contributed by atoms with van der Waals surface area (Å²) in [7, 11) is 1.10. The number of rotatable bonds is 4. The number of aliphatic hydroxyl groups excluding tert-OH is 2. The Balaban J connectivity index is 1.48. The van der Waals surface area contributed by atoms with Crippen molar-refractivity contribution in [3.05, 3.63) is 24.3 Å². The molecule has 9 atom stereocenters. The van der Waals surface area contributed by atoms with Crippen molar-refractivity contribution in [1.82, 2.24) is 19.5 Å². The maximum absolute atomic E-state index is 12.6. The fourth-order valence-electron chi connectivity index (χ4n) is 4.87. The molecule has 5 heterocycles. The highest BCUT2D eigenvalue weighted by Gasteiger charge is 2.67. The van der Waals surface area contributed by atoms with Crippen LogP contribution in [0.5, 0.6) is 0 Å². The van der Waals surface area contributed by atoms with Crippen molar-refractivity contribution in [2.24, 2.45) is 0 Å². The molecule has 0 saturated carbocycles. The van der Waals surface area contributed by atoms with Crippen LogP contribution >= 0.6 is 0 Å². The third-order valence-electron chi connectivity index (χ3n) is 6.96. The molecule has 3 saturated heterocycles. The summed E-state index contributed by atoms with van der Waals surface area (Å²) in [4.78, 5) is 37.1. The number of fused-ring (bicyclic) bond motifs is 3. The number of esters is 2. The van der Waals surface area contributed by atoms with Crippen LogP contribution in [0, 0.1) is 0 Å². The number of methoxy groups -OCH3 is 1. The fourth-order valence-corrected chi connectivity index (χ4v) is 4.87. The molecule has 0 bridgehead atoms. The number of imidazole rings is 1. The Morgan fingerprint density at radius 2 is 2.00 bits per heavy atom. The van der Waals surface area contributed by atoms with Gasteiger partial charge in [0.15, 0.2) is 29.9 Å². The molecule has 0 radical (unpaired) electrons. The minimum absolute atomic E-state index is 0.0880. The number of carbonyl (C=O) groups is 2. The zero-order valence-electron chi connectivity index (χ0n) is 20.1. The van der Waals surface area contributed by atoms with Crippen LogP contribution in [0.15, 0.2) is 24.3 Å². The Hall–Kier alpha value is -3.21. The number of hydrogen-bond donors (Lipinski definition) is 4. The number of nitrogens with zero attached hydrogens (tertiary/aromatic N) is 4. The van der Waals surface area contributed by atoms with Gasteiger partial charge < -0.3 is 44.7 Å². The van der Waals surface area contributed by atoms with E-state index >= 15 is 0 Å². The molecule has 0 aromatic carbocycles. The van der Waals surface area contributed by atoms with Gasteiger partial charge in [-0.05, 0) is 13.8 Å². The molecule has 0 spiro atoms. The summed E-state index contributed by atoms with van der Waals surface area (Å²) >= 11 is 0. The van der Waals surface area contributed by atoms with Gasteiger partial charge in [-0.2, -0.15) is 0 Å². The van der Waals surface area contributed by atoms with Crippen LogP contribution < -0.4 is 5.73 Å². The zero-order chi connectivity index (χ0) is 26.6. The molecule has 15 nitrogen and oxygen atoms in total. The summed E-state index contributed by atoms with van der Waals surface area (Å²) < 4.78 is 29.2. The molecule has 37 heavy (non-hydrogen) atoms. The third-order valence-corrected chi connectivity index (χ3v) is 6.96. The lowest BCUT2D eigenvalue weighted by atomic mass is 9.84. The highest BCUT2D eigenvalue weighted by Crippen LogP contribution is 2.47. The number of ether oxygens (including phenoxy) is 5. The van der Waals surface area contributed by atoms with Gasteiger partial charge in [-0.25, -0.2) is 24.5 Å². The first-order valence-corrected chi connectivity index (χ1v) is 11.5. The molecule has 15 heteroatoms. The fraction of sp³-hybridized carbons (Fsp3) is 0.591. The molecule has 200 valence electrons. The first-order chi connectivity index (χ1) is 17.6. The number of aliphatic hydroxyl groups is 3. The quantitative estimate of drug-likeness (QED) is 0.262. The smallest absolute Gasteiger partial charge is 0.337 e. The topological polar surface area (TPSA) is 211 Å². The van der Waals surface area contributed by atoms with Crippen LogP contribution in [0.25, 0.3) is 11.2 Å². The van der Waals surface area contributed by atoms with Gasteiger partial charge in [0.05, 0.1) is 19.5 Å². The van der Waals surface area contributed by atoms with E-state index in [0.717, 1.165) is 7.11 Å². The molecule has 0 amide bonds. The largest absolute Gasteiger partial charge is 0.467 e. The van der Waals surface area contributed by atoms with Gasteiger partial charge in [0.1, 0.15) is 36.3 Å². The lowest BCUT2D eigenvalue weighted by Gasteiger charge is -2.52. The molecule has 3 fully saturated rings. The SMILES string of the molecule is C/C=C(\C)C(=O)O[C@H]1[C@H](O)[C@@H](C(=O)OC)O[C@H]2C[C@@H]3O[C@@H](n4cnc5c(N)ncnc54)[C@H](O)[C@H]3O[C@@]21O. The van der Waals surface area contributed by atoms with E-state index in [1.807, 2.05) is 0 Å². The van der Waals surface area contributed by atoms with E-state index in [0.29, 0.717) is 11.2 Å². The van der Waals surface area contributed by atoms with Gasteiger partial charge in [-0.1, -0.05) is 6.08 Å². The Bertz CT molecular complexity index is 1250. The maximum atomic E-state index is 12.6. The molecule has 2 aromatic heterocycles. The van der Waals surface area contributed by atoms with E-state index in [4.69, 9.17) is 29.4 Å². The maximum Gasteiger partial charge on any atom is 0.337 e. The first kappa shape index (κ1) is 25.4. The van der Waals surface area contributed by atoms with E-state index < -0.39 is 66.7 Å². The predicted molar refractivity (Wildman–Crippen MR) is 120 cm³/mol. The molecular weight excluding hydrogens is 494 g/mol. The van der Waals surface area contributed by atoms with Crippen LogP contribution in [-0.2, 0) is 33.3 Å². The standard InChI is InChI=1S/C22H27N5O10/c1-4-8(2)20(30)36-16-12(28)15(21(31)33-3)35-10-5-9-14(37-22(10,16)32)13(29)19(34-9)27-7-26-11-17(23)24-6-25-18(11)27/h4,6-7,9-10,12-16,19,28-29,32H,5H2,1-3H3,(H2,23,24,25)/b8-4+/t9-,10-,12+,13+,14-,15-,16-,19+,22-/m0/s1. The van der Waals surface area contributed by atoms with E-state index in [-0.39, 0.29) is 17.8 Å². The lowest BCUT2D eigenvalue weighted by molar-refractivity contribution is -0.396. The molecular formula is C22H27N5O10. The Labute approximate surface area is 209 Å². The second kappa shape index (κ2) is 9.27. The average molecular weight is 521 g/mol. The Morgan fingerprint density at radius 1 is 1.24 bits per heavy atom. The summed E-state index contributed by atoms with van der Waals surface area (Å²) in [6.07, 6.45) is -6.84. The number of anilines is 1. The van der Waals surface area contributed by atoms with Crippen molar-refractivity contribution in [3.8, 4) is 0 Å². The molecule has 3 aliphatic heterocycles. The summed E-state index contributed by atoms with van der Waals surface area (Å²) in [6.45, 7) is 3.09. The van der Waals surface area contributed by atoms with Gasteiger partial charge in [0.25, 0.3) is 0 Å². The number of carbonyl (C=O) groups excluding carboxylic acids is 2. The van der Waals surface area contributed by atoms with Gasteiger partial charge >= 0.3 is 11.9 Å². The number of aromatic nitrogens is 4. The monoisotopic (exact) mass is 521 g/mol. The summed E-state index contributed by atoms with van der Waals surface area (Å²) in [6, 6.07) is 0. The van der Waals surface area contributed by atoms with Crippen molar-refractivity contribution in [2.45, 2.75) is 75.0 Å². The molecule has 5 N–H and O–H groups in total. The molecule has 2 aromatic rings. The van der Waals surface area contributed by atoms with Crippen molar-refractivity contribution >= 4 is 28.9 Å².